The number of rotatable bonds is 8. The first-order valence-corrected chi connectivity index (χ1v) is 14.7. The third-order valence-electron chi connectivity index (χ3n) is 7.85. The standard InChI is InChI=1S/C31H37FN4O3S/c1-3-6-28-26(17-22-10-9-21(18-27(22)32)25-8-5-4-7-23(25)19-40)29(37)36(30(35-28)34-20(2)33)24-11-13-31(14-12-24)38-15-16-39-31/h4-5,7-10,18,24,40H,3,6,11-17,19H2,1-2H3,(H2,33,34,35). The lowest BCUT2D eigenvalue weighted by atomic mass is 9.89. The van der Waals surface area contributed by atoms with Gasteiger partial charge in [0.25, 0.3) is 5.56 Å². The summed E-state index contributed by atoms with van der Waals surface area (Å²) in [6.07, 6.45) is 4.27. The largest absolute Gasteiger partial charge is 0.387 e. The van der Waals surface area contributed by atoms with Crippen LogP contribution in [0.15, 0.2) is 52.3 Å². The Balaban J connectivity index is 1.53. The molecule has 2 aliphatic rings. The molecule has 0 radical (unpaired) electrons. The van der Waals surface area contributed by atoms with Crippen LogP contribution in [0.25, 0.3) is 11.1 Å². The van der Waals surface area contributed by atoms with Gasteiger partial charge in [-0.15, -0.1) is 0 Å². The number of amidine groups is 1. The summed E-state index contributed by atoms with van der Waals surface area (Å²) in [5, 5.41) is 0. The molecule has 1 saturated heterocycles. The Hall–Kier alpha value is -3.01. The molecular formula is C31H37FN4O3S. The maximum atomic E-state index is 15.6. The fourth-order valence-electron chi connectivity index (χ4n) is 5.86. The van der Waals surface area contributed by atoms with Crippen LogP contribution in [-0.2, 0) is 28.1 Å². The van der Waals surface area contributed by atoms with Crippen molar-refractivity contribution in [1.29, 1.82) is 0 Å². The van der Waals surface area contributed by atoms with E-state index < -0.39 is 5.79 Å². The molecule has 1 aliphatic carbocycles. The van der Waals surface area contributed by atoms with Crippen molar-refractivity contribution in [3.63, 3.8) is 0 Å². The van der Waals surface area contributed by atoms with Gasteiger partial charge in [-0.05, 0) is 54.5 Å². The van der Waals surface area contributed by atoms with Gasteiger partial charge in [0.1, 0.15) is 5.82 Å². The van der Waals surface area contributed by atoms with Crippen LogP contribution in [-0.4, -0.2) is 34.4 Å². The normalized spacial score (nSPS) is 17.6. The Kier molecular flexibility index (Phi) is 8.73. The predicted octanol–water partition coefficient (Wildman–Crippen LogP) is 5.89. The first-order chi connectivity index (χ1) is 19.3. The van der Waals surface area contributed by atoms with Crippen LogP contribution in [0.3, 0.4) is 0 Å². The molecule has 0 atom stereocenters. The van der Waals surface area contributed by atoms with Crippen LogP contribution < -0.4 is 11.3 Å². The number of halogens is 1. The fourth-order valence-corrected chi connectivity index (χ4v) is 6.14. The number of nitrogens with two attached hydrogens (primary N) is 1. The number of hydrogen-bond donors (Lipinski definition) is 2. The second-order valence-electron chi connectivity index (χ2n) is 10.7. The minimum Gasteiger partial charge on any atom is -0.387 e. The van der Waals surface area contributed by atoms with Crippen LogP contribution in [0.2, 0.25) is 0 Å². The molecule has 0 unspecified atom stereocenters. The van der Waals surface area contributed by atoms with Crippen LogP contribution in [0.4, 0.5) is 10.3 Å². The highest BCUT2D eigenvalue weighted by Gasteiger charge is 2.41. The molecule has 1 aromatic heterocycles. The summed E-state index contributed by atoms with van der Waals surface area (Å²) in [5.41, 5.74) is 10.1. The molecule has 1 spiro atoms. The minimum atomic E-state index is -0.553. The highest BCUT2D eigenvalue weighted by Crippen LogP contribution is 2.41. The summed E-state index contributed by atoms with van der Waals surface area (Å²) in [7, 11) is 0. The maximum Gasteiger partial charge on any atom is 0.259 e. The second kappa shape index (κ2) is 12.2. The van der Waals surface area contributed by atoms with E-state index in [0.717, 1.165) is 23.1 Å². The summed E-state index contributed by atoms with van der Waals surface area (Å²) in [4.78, 5) is 23.5. The number of aromatic nitrogens is 2. The molecule has 212 valence electrons. The summed E-state index contributed by atoms with van der Waals surface area (Å²) >= 11 is 4.42. The Labute approximate surface area is 240 Å². The lowest BCUT2D eigenvalue weighted by Gasteiger charge is -2.36. The number of aryl methyl sites for hydroxylation is 1. The molecule has 0 amide bonds. The van der Waals surface area contributed by atoms with Crippen LogP contribution in [0, 0.1) is 5.82 Å². The number of aliphatic imine (C=N–C) groups is 1. The highest BCUT2D eigenvalue weighted by molar-refractivity contribution is 7.79. The average Bonchev–Trinajstić information content (AvgIpc) is 3.40. The van der Waals surface area contributed by atoms with Gasteiger partial charge in [-0.3, -0.25) is 9.36 Å². The van der Waals surface area contributed by atoms with Crippen LogP contribution >= 0.6 is 12.6 Å². The van der Waals surface area contributed by atoms with Crippen molar-refractivity contribution in [1.82, 2.24) is 9.55 Å². The third-order valence-corrected chi connectivity index (χ3v) is 8.19. The van der Waals surface area contributed by atoms with Gasteiger partial charge in [-0.1, -0.05) is 49.7 Å². The van der Waals surface area contributed by atoms with E-state index >= 15 is 4.39 Å². The van der Waals surface area contributed by atoms with Crippen LogP contribution in [0.1, 0.15) is 74.4 Å². The van der Waals surface area contributed by atoms with E-state index in [4.69, 9.17) is 20.2 Å². The molecule has 2 heterocycles. The summed E-state index contributed by atoms with van der Waals surface area (Å²) < 4.78 is 29.0. The number of thiol groups is 1. The minimum absolute atomic E-state index is 0.129. The van der Waals surface area contributed by atoms with Gasteiger partial charge in [-0.2, -0.15) is 12.6 Å². The summed E-state index contributed by atoms with van der Waals surface area (Å²) in [6.45, 7) is 4.90. The van der Waals surface area contributed by atoms with Crippen molar-refractivity contribution in [2.75, 3.05) is 13.2 Å². The Morgan fingerprint density at radius 1 is 1.18 bits per heavy atom. The van der Waals surface area contributed by atoms with Crippen molar-refractivity contribution in [3.8, 4) is 11.1 Å². The molecule has 9 heteroatoms. The first kappa shape index (κ1) is 28.5. The molecule has 2 fully saturated rings. The van der Waals surface area contributed by atoms with E-state index in [1.165, 1.54) is 0 Å². The SMILES string of the molecule is CCCc1nc(/N=C(/C)N)n(C2CCC3(CC2)OCCO3)c(=O)c1Cc1ccc(-c2ccccc2CS)cc1F. The maximum absolute atomic E-state index is 15.6. The zero-order valence-electron chi connectivity index (χ0n) is 23.2. The number of ether oxygens (including phenoxy) is 2. The second-order valence-corrected chi connectivity index (χ2v) is 11.0. The average molecular weight is 565 g/mol. The molecule has 7 nitrogen and oxygen atoms in total. The molecule has 2 N–H and O–H groups in total. The van der Waals surface area contributed by atoms with E-state index in [1.807, 2.05) is 37.3 Å². The summed E-state index contributed by atoms with van der Waals surface area (Å²) in [5.74, 6) is 0.291. The van der Waals surface area contributed by atoms with Gasteiger partial charge in [0.05, 0.1) is 24.7 Å². The van der Waals surface area contributed by atoms with E-state index in [-0.39, 0.29) is 23.8 Å². The Bertz CT molecular complexity index is 1450. The smallest absolute Gasteiger partial charge is 0.259 e. The topological polar surface area (TPSA) is 91.7 Å². The lowest BCUT2D eigenvalue weighted by Crippen LogP contribution is -2.39. The summed E-state index contributed by atoms with van der Waals surface area (Å²) in [6, 6.07) is 12.9. The predicted molar refractivity (Wildman–Crippen MR) is 159 cm³/mol. The van der Waals surface area contributed by atoms with E-state index in [2.05, 4.69) is 17.6 Å². The van der Waals surface area contributed by atoms with Crippen LogP contribution in [0.5, 0.6) is 0 Å². The molecule has 40 heavy (non-hydrogen) atoms. The fraction of sp³-hybridized carbons (Fsp3) is 0.452. The van der Waals surface area contributed by atoms with Crippen molar-refractivity contribution in [3.05, 3.63) is 81.0 Å². The van der Waals surface area contributed by atoms with E-state index in [1.54, 1.807) is 23.6 Å². The Morgan fingerprint density at radius 3 is 2.55 bits per heavy atom. The molecule has 1 saturated carbocycles. The first-order valence-electron chi connectivity index (χ1n) is 14.0. The molecular weight excluding hydrogens is 527 g/mol. The van der Waals surface area contributed by atoms with Gasteiger partial charge < -0.3 is 15.2 Å². The van der Waals surface area contributed by atoms with Gasteiger partial charge in [0.15, 0.2) is 5.79 Å². The van der Waals surface area contributed by atoms with Gasteiger partial charge in [-0.25, -0.2) is 14.4 Å². The molecule has 5 rings (SSSR count). The molecule has 2 aromatic carbocycles. The van der Waals surface area contributed by atoms with Crippen molar-refractivity contribution < 1.29 is 13.9 Å². The van der Waals surface area contributed by atoms with E-state index in [9.17, 15) is 4.79 Å². The van der Waals surface area contributed by atoms with Crippen molar-refractivity contribution in [2.45, 2.75) is 76.4 Å². The quantitative estimate of drug-likeness (QED) is 0.202. The highest BCUT2D eigenvalue weighted by atomic mass is 32.1. The van der Waals surface area contributed by atoms with Crippen molar-refractivity contribution >= 4 is 24.4 Å². The third kappa shape index (κ3) is 5.87. The Morgan fingerprint density at radius 2 is 1.90 bits per heavy atom. The van der Waals surface area contributed by atoms with Gasteiger partial charge in [0, 0.05) is 36.6 Å². The van der Waals surface area contributed by atoms with Crippen molar-refractivity contribution in [2.24, 2.45) is 10.7 Å². The zero-order valence-corrected chi connectivity index (χ0v) is 24.1. The monoisotopic (exact) mass is 564 g/mol. The number of hydrogen-bond acceptors (Lipinski definition) is 6. The molecule has 1 aliphatic heterocycles. The molecule has 0 bridgehead atoms. The number of nitrogens with zero attached hydrogens (tertiary/aromatic N) is 3. The van der Waals surface area contributed by atoms with E-state index in [0.29, 0.717) is 79.7 Å². The lowest BCUT2D eigenvalue weighted by molar-refractivity contribution is -0.181. The molecule has 3 aromatic rings. The number of benzene rings is 2. The van der Waals surface area contributed by atoms with Gasteiger partial charge >= 0.3 is 0 Å². The zero-order chi connectivity index (χ0) is 28.3. The van der Waals surface area contributed by atoms with Gasteiger partial charge in [0.2, 0.25) is 5.95 Å².